The highest BCUT2D eigenvalue weighted by atomic mass is 32.1. The van der Waals surface area contributed by atoms with Crippen LogP contribution in [-0.4, -0.2) is 15.8 Å². The van der Waals surface area contributed by atoms with E-state index in [4.69, 9.17) is 17.0 Å². The molecule has 1 saturated heterocycles. The fourth-order valence-electron chi connectivity index (χ4n) is 3.65. The summed E-state index contributed by atoms with van der Waals surface area (Å²) >= 11 is 5.61. The lowest BCUT2D eigenvalue weighted by Gasteiger charge is -2.52. The molecule has 4 rings (SSSR count). The minimum atomic E-state index is -0.651. The molecule has 25 heavy (non-hydrogen) atoms. The molecule has 2 bridgehead atoms. The van der Waals surface area contributed by atoms with Gasteiger partial charge in [0.15, 0.2) is 10.8 Å². The summed E-state index contributed by atoms with van der Waals surface area (Å²) in [6.45, 7) is 4.04. The molecule has 0 spiro atoms. The van der Waals surface area contributed by atoms with Gasteiger partial charge in [-0.15, -0.1) is 0 Å². The molecule has 128 valence electrons. The maximum atomic E-state index is 11.1. The standard InChI is InChI=1S/C18H17N3O3S/c1-11-5-3-4-6-15(11)20-17(25)19-14-10-18(20,2)24-16-8-7-12(21(22)23)9-13(14)16/h3-9,14H,10H2,1-2H3,(H,19,25)/t14-,18-/m1/s1. The first kappa shape index (κ1) is 15.8. The number of nitrogens with zero attached hydrogens (tertiary/aromatic N) is 2. The average Bonchev–Trinajstić information content (AvgIpc) is 2.55. The van der Waals surface area contributed by atoms with E-state index in [0.717, 1.165) is 16.8 Å². The molecule has 0 amide bonds. The lowest BCUT2D eigenvalue weighted by molar-refractivity contribution is -0.385. The van der Waals surface area contributed by atoms with Crippen LogP contribution in [0.15, 0.2) is 42.5 Å². The molecule has 0 unspecified atom stereocenters. The maximum Gasteiger partial charge on any atom is 0.270 e. The Morgan fingerprint density at radius 2 is 2.12 bits per heavy atom. The van der Waals surface area contributed by atoms with Crippen LogP contribution >= 0.6 is 12.2 Å². The van der Waals surface area contributed by atoms with Gasteiger partial charge in [0.25, 0.3) is 5.69 Å². The Labute approximate surface area is 150 Å². The number of para-hydroxylation sites is 1. The Hall–Kier alpha value is -2.67. The van der Waals surface area contributed by atoms with Gasteiger partial charge in [-0.1, -0.05) is 18.2 Å². The molecule has 6 nitrogen and oxygen atoms in total. The Morgan fingerprint density at radius 1 is 1.36 bits per heavy atom. The van der Waals surface area contributed by atoms with Crippen LogP contribution in [0.3, 0.4) is 0 Å². The van der Waals surface area contributed by atoms with Gasteiger partial charge >= 0.3 is 0 Å². The van der Waals surface area contributed by atoms with Crippen molar-refractivity contribution in [2.45, 2.75) is 32.0 Å². The number of nitrogens with one attached hydrogen (secondary N) is 1. The van der Waals surface area contributed by atoms with Gasteiger partial charge < -0.3 is 10.1 Å². The molecule has 1 N–H and O–H groups in total. The summed E-state index contributed by atoms with van der Waals surface area (Å²) in [6, 6.07) is 12.6. The van der Waals surface area contributed by atoms with Crippen LogP contribution in [-0.2, 0) is 0 Å². The van der Waals surface area contributed by atoms with Gasteiger partial charge in [-0.2, -0.15) is 0 Å². The zero-order valence-electron chi connectivity index (χ0n) is 13.9. The van der Waals surface area contributed by atoms with E-state index in [1.54, 1.807) is 12.1 Å². The van der Waals surface area contributed by atoms with Gasteiger partial charge in [0, 0.05) is 29.8 Å². The molecule has 2 aliphatic heterocycles. The largest absolute Gasteiger partial charge is 0.467 e. The van der Waals surface area contributed by atoms with Crippen LogP contribution in [0.1, 0.15) is 30.5 Å². The highest BCUT2D eigenvalue weighted by molar-refractivity contribution is 7.80. The number of hydrogen-bond donors (Lipinski definition) is 1. The van der Waals surface area contributed by atoms with Crippen molar-refractivity contribution < 1.29 is 9.66 Å². The van der Waals surface area contributed by atoms with Crippen LogP contribution in [0.4, 0.5) is 11.4 Å². The first-order chi connectivity index (χ1) is 11.9. The second-order valence-electron chi connectivity index (χ2n) is 6.58. The molecule has 0 radical (unpaired) electrons. The van der Waals surface area contributed by atoms with Gasteiger partial charge in [-0.25, -0.2) is 0 Å². The molecule has 2 aliphatic rings. The number of benzene rings is 2. The number of fused-ring (bicyclic) bond motifs is 4. The molecule has 2 atom stereocenters. The average molecular weight is 355 g/mol. The number of anilines is 1. The molecule has 2 heterocycles. The highest BCUT2D eigenvalue weighted by Crippen LogP contribution is 2.46. The van der Waals surface area contributed by atoms with E-state index >= 15 is 0 Å². The number of nitro groups is 1. The summed E-state index contributed by atoms with van der Waals surface area (Å²) in [5.74, 6) is 0.651. The van der Waals surface area contributed by atoms with Crippen LogP contribution in [0.5, 0.6) is 5.75 Å². The number of aryl methyl sites for hydroxylation is 1. The summed E-state index contributed by atoms with van der Waals surface area (Å²) < 4.78 is 6.29. The van der Waals surface area contributed by atoms with Gasteiger partial charge in [0.05, 0.1) is 11.0 Å². The van der Waals surface area contributed by atoms with Crippen LogP contribution in [0.2, 0.25) is 0 Å². The second-order valence-corrected chi connectivity index (χ2v) is 6.97. The minimum Gasteiger partial charge on any atom is -0.467 e. The molecule has 7 heteroatoms. The Kier molecular flexibility index (Phi) is 3.43. The third kappa shape index (κ3) is 2.42. The lowest BCUT2D eigenvalue weighted by Crippen LogP contribution is -2.65. The third-order valence-electron chi connectivity index (χ3n) is 4.82. The molecule has 1 fully saturated rings. The zero-order chi connectivity index (χ0) is 17.8. The summed E-state index contributed by atoms with van der Waals surface area (Å²) in [5.41, 5.74) is 2.27. The fraction of sp³-hybridized carbons (Fsp3) is 0.278. The lowest BCUT2D eigenvalue weighted by atomic mass is 9.89. The number of non-ortho nitro benzene ring substituents is 1. The Morgan fingerprint density at radius 3 is 2.84 bits per heavy atom. The number of nitro benzene ring substituents is 1. The third-order valence-corrected chi connectivity index (χ3v) is 5.12. The van der Waals surface area contributed by atoms with E-state index in [0.29, 0.717) is 17.3 Å². The van der Waals surface area contributed by atoms with Crippen molar-refractivity contribution in [1.29, 1.82) is 0 Å². The Bertz CT molecular complexity index is 901. The van der Waals surface area contributed by atoms with Crippen LogP contribution < -0.4 is 15.0 Å². The van der Waals surface area contributed by atoms with Gasteiger partial charge in [0.1, 0.15) is 5.75 Å². The summed E-state index contributed by atoms with van der Waals surface area (Å²) in [7, 11) is 0. The quantitative estimate of drug-likeness (QED) is 0.502. The first-order valence-corrected chi connectivity index (χ1v) is 8.43. The van der Waals surface area contributed by atoms with Crippen molar-refractivity contribution >= 4 is 28.7 Å². The summed E-state index contributed by atoms with van der Waals surface area (Å²) in [4.78, 5) is 12.7. The maximum absolute atomic E-state index is 11.1. The van der Waals surface area contributed by atoms with E-state index in [1.165, 1.54) is 6.07 Å². The van der Waals surface area contributed by atoms with Crippen LogP contribution in [0, 0.1) is 17.0 Å². The normalized spacial score (nSPS) is 24.2. The zero-order valence-corrected chi connectivity index (χ0v) is 14.7. The monoisotopic (exact) mass is 355 g/mol. The Balaban J connectivity index is 1.80. The van der Waals surface area contributed by atoms with E-state index in [-0.39, 0.29) is 11.7 Å². The molecule has 0 saturated carbocycles. The smallest absolute Gasteiger partial charge is 0.270 e. The van der Waals surface area contributed by atoms with Gasteiger partial charge in [-0.05, 0) is 43.8 Å². The minimum absolute atomic E-state index is 0.0556. The van der Waals surface area contributed by atoms with E-state index < -0.39 is 10.6 Å². The second kappa shape index (κ2) is 5.42. The number of rotatable bonds is 2. The molecule has 2 aromatic carbocycles. The van der Waals surface area contributed by atoms with Crippen molar-refractivity contribution in [1.82, 2.24) is 5.32 Å². The van der Waals surface area contributed by atoms with E-state index in [2.05, 4.69) is 5.32 Å². The van der Waals surface area contributed by atoms with Crippen molar-refractivity contribution in [2.24, 2.45) is 0 Å². The predicted molar refractivity (Wildman–Crippen MR) is 98.9 cm³/mol. The molecule has 0 aromatic heterocycles. The van der Waals surface area contributed by atoms with Crippen LogP contribution in [0.25, 0.3) is 0 Å². The van der Waals surface area contributed by atoms with Crippen molar-refractivity contribution in [3.63, 3.8) is 0 Å². The highest BCUT2D eigenvalue weighted by Gasteiger charge is 2.48. The molecule has 0 aliphatic carbocycles. The van der Waals surface area contributed by atoms with E-state index in [9.17, 15) is 10.1 Å². The SMILES string of the molecule is Cc1ccccc1N1C(=S)N[C@@H]2C[C@@]1(C)Oc1ccc([N+](=O)[O-])cc12. The predicted octanol–water partition coefficient (Wildman–Crippen LogP) is 3.84. The summed E-state index contributed by atoms with van der Waals surface area (Å²) in [5, 5.41) is 15.0. The van der Waals surface area contributed by atoms with E-state index in [1.807, 2.05) is 43.0 Å². The fourth-order valence-corrected chi connectivity index (χ4v) is 4.09. The molecular formula is C18H17N3O3S. The molecular weight excluding hydrogens is 338 g/mol. The van der Waals surface area contributed by atoms with Crippen molar-refractivity contribution in [3.05, 3.63) is 63.7 Å². The first-order valence-electron chi connectivity index (χ1n) is 8.03. The number of hydrogen-bond acceptors (Lipinski definition) is 4. The molecule has 2 aromatic rings. The summed E-state index contributed by atoms with van der Waals surface area (Å²) in [6.07, 6.45) is 0.635. The van der Waals surface area contributed by atoms with Gasteiger partial charge in [0.2, 0.25) is 0 Å². The number of ether oxygens (including phenoxy) is 1. The van der Waals surface area contributed by atoms with Gasteiger partial charge in [-0.3, -0.25) is 15.0 Å². The topological polar surface area (TPSA) is 67.6 Å². The number of thiocarbonyl (C=S) groups is 1. The van der Waals surface area contributed by atoms with Crippen molar-refractivity contribution in [3.8, 4) is 5.75 Å². The van der Waals surface area contributed by atoms with Crippen molar-refractivity contribution in [2.75, 3.05) is 4.90 Å².